The molecule has 3 unspecified atom stereocenters. The van der Waals surface area contributed by atoms with E-state index in [1.165, 1.54) is 47.7 Å². The molecule has 0 radical (unpaired) electrons. The molecule has 3 aliphatic carbocycles. The average Bonchev–Trinajstić information content (AvgIpc) is 3.04. The summed E-state index contributed by atoms with van der Waals surface area (Å²) >= 11 is 3.63. The summed E-state index contributed by atoms with van der Waals surface area (Å²) in [6, 6.07) is 6.72. The summed E-state index contributed by atoms with van der Waals surface area (Å²) in [7, 11) is 0. The van der Waals surface area contributed by atoms with E-state index in [9.17, 15) is 4.79 Å². The molecule has 3 aliphatic rings. The summed E-state index contributed by atoms with van der Waals surface area (Å²) in [4.78, 5) is 12.7. The third-order valence-electron chi connectivity index (χ3n) is 6.90. The number of hydrogen-bond donors (Lipinski definition) is 0. The van der Waals surface area contributed by atoms with Crippen molar-refractivity contribution < 1.29 is 4.79 Å². The van der Waals surface area contributed by atoms with Crippen LogP contribution in [-0.4, -0.2) is 5.78 Å². The Labute approximate surface area is 148 Å². The van der Waals surface area contributed by atoms with Crippen molar-refractivity contribution in [3.63, 3.8) is 0 Å². The monoisotopic (exact) mass is 374 g/mol. The molecule has 0 heterocycles. The second-order valence-electron chi connectivity index (χ2n) is 8.14. The molecule has 2 saturated carbocycles. The van der Waals surface area contributed by atoms with Crippen LogP contribution in [0.3, 0.4) is 0 Å². The normalized spacial score (nSPS) is 36.1. The molecule has 4 rings (SSSR count). The van der Waals surface area contributed by atoms with E-state index in [1.54, 1.807) is 0 Å². The van der Waals surface area contributed by atoms with Crippen LogP contribution in [0.2, 0.25) is 0 Å². The van der Waals surface area contributed by atoms with Gasteiger partial charge in [0, 0.05) is 16.8 Å². The van der Waals surface area contributed by atoms with Crippen LogP contribution in [0, 0.1) is 23.7 Å². The summed E-state index contributed by atoms with van der Waals surface area (Å²) in [5, 5.41) is 0. The Kier molecular flexibility index (Phi) is 4.38. The van der Waals surface area contributed by atoms with Crippen LogP contribution in [0.5, 0.6) is 0 Å². The number of rotatable bonds is 3. The molecule has 0 aliphatic heterocycles. The predicted molar refractivity (Wildman–Crippen MR) is 97.5 cm³/mol. The van der Waals surface area contributed by atoms with Crippen LogP contribution in [-0.2, 0) is 11.2 Å². The molecule has 0 aromatic heterocycles. The van der Waals surface area contributed by atoms with Gasteiger partial charge in [0.05, 0.1) is 0 Å². The van der Waals surface area contributed by atoms with Crippen molar-refractivity contribution >= 4 is 21.7 Å². The zero-order valence-electron chi connectivity index (χ0n) is 14.1. The lowest BCUT2D eigenvalue weighted by atomic mass is 9.74. The van der Waals surface area contributed by atoms with Gasteiger partial charge in [-0.15, -0.1) is 0 Å². The van der Waals surface area contributed by atoms with Crippen LogP contribution >= 0.6 is 15.9 Å². The van der Waals surface area contributed by atoms with Gasteiger partial charge in [-0.3, -0.25) is 4.79 Å². The molecular formula is C21H27BrO. The van der Waals surface area contributed by atoms with Crippen molar-refractivity contribution in [2.45, 2.75) is 64.2 Å². The number of halogens is 1. The van der Waals surface area contributed by atoms with Crippen LogP contribution in [0.4, 0.5) is 0 Å². The second kappa shape index (κ2) is 6.35. The predicted octanol–water partition coefficient (Wildman–Crippen LogP) is 5.90. The highest BCUT2D eigenvalue weighted by Gasteiger charge is 2.47. The molecule has 1 nitrogen and oxygen atoms in total. The van der Waals surface area contributed by atoms with Crippen LogP contribution < -0.4 is 0 Å². The molecule has 0 amide bonds. The maximum atomic E-state index is 12.7. The highest BCUT2D eigenvalue weighted by atomic mass is 79.9. The van der Waals surface area contributed by atoms with Crippen LogP contribution in [0.25, 0.3) is 0 Å². The molecule has 3 atom stereocenters. The van der Waals surface area contributed by atoms with Crippen molar-refractivity contribution in [1.29, 1.82) is 0 Å². The molecule has 23 heavy (non-hydrogen) atoms. The number of hydrogen-bond acceptors (Lipinski definition) is 1. The van der Waals surface area contributed by atoms with Crippen molar-refractivity contribution in [3.05, 3.63) is 33.8 Å². The number of fused-ring (bicyclic) bond motifs is 3. The van der Waals surface area contributed by atoms with Gasteiger partial charge in [-0.2, -0.15) is 0 Å². The summed E-state index contributed by atoms with van der Waals surface area (Å²) in [6.45, 7) is 2.32. The Balaban J connectivity index is 1.51. The lowest BCUT2D eigenvalue weighted by Crippen LogP contribution is -2.22. The van der Waals surface area contributed by atoms with E-state index in [0.29, 0.717) is 23.5 Å². The highest BCUT2D eigenvalue weighted by Crippen LogP contribution is 2.53. The first-order valence-electron chi connectivity index (χ1n) is 9.46. The Hall–Kier alpha value is -0.630. The molecule has 1 aromatic carbocycles. The first kappa shape index (κ1) is 15.9. The van der Waals surface area contributed by atoms with Crippen molar-refractivity contribution in [1.82, 2.24) is 0 Å². The third kappa shape index (κ3) is 2.92. The highest BCUT2D eigenvalue weighted by molar-refractivity contribution is 9.10. The smallest absolute Gasteiger partial charge is 0.136 e. The summed E-state index contributed by atoms with van der Waals surface area (Å²) in [6.07, 6.45) is 9.92. The number of carbonyl (C=O) groups is 1. The van der Waals surface area contributed by atoms with Gasteiger partial charge in [-0.05, 0) is 59.8 Å². The minimum Gasteiger partial charge on any atom is -0.299 e. The standard InChI is InChI=1S/C21H27BrO/c1-2-13-3-5-14(6-4-13)9-19-20(23)11-16-10-15-7-8-17(22)12-18(15)21(16)19/h7-8,12-14,16,19,21H,2-6,9-11H2,1H3. The Bertz CT molecular complexity index is 600. The molecular weight excluding hydrogens is 348 g/mol. The van der Waals surface area contributed by atoms with E-state index in [4.69, 9.17) is 0 Å². The van der Waals surface area contributed by atoms with Crippen molar-refractivity contribution in [2.75, 3.05) is 0 Å². The summed E-state index contributed by atoms with van der Waals surface area (Å²) in [5.41, 5.74) is 2.97. The van der Waals surface area contributed by atoms with Crippen molar-refractivity contribution in [3.8, 4) is 0 Å². The lowest BCUT2D eigenvalue weighted by Gasteiger charge is -2.30. The Morgan fingerprint density at radius 1 is 1.09 bits per heavy atom. The van der Waals surface area contributed by atoms with E-state index in [-0.39, 0.29) is 0 Å². The minimum atomic E-state index is 0.304. The fraction of sp³-hybridized carbons (Fsp3) is 0.667. The topological polar surface area (TPSA) is 17.1 Å². The maximum absolute atomic E-state index is 12.7. The number of carbonyl (C=O) groups excluding carboxylic acids is 1. The zero-order valence-corrected chi connectivity index (χ0v) is 15.6. The fourth-order valence-corrected chi connectivity index (χ4v) is 5.97. The summed E-state index contributed by atoms with van der Waals surface area (Å²) < 4.78 is 1.17. The largest absolute Gasteiger partial charge is 0.299 e. The lowest BCUT2D eigenvalue weighted by molar-refractivity contribution is -0.121. The first-order valence-corrected chi connectivity index (χ1v) is 10.3. The molecule has 0 saturated heterocycles. The van der Waals surface area contributed by atoms with Crippen molar-refractivity contribution in [2.24, 2.45) is 23.7 Å². The zero-order chi connectivity index (χ0) is 16.0. The van der Waals surface area contributed by atoms with Gasteiger partial charge in [0.1, 0.15) is 5.78 Å². The van der Waals surface area contributed by atoms with Gasteiger partial charge in [-0.25, -0.2) is 0 Å². The minimum absolute atomic E-state index is 0.304. The van der Waals surface area contributed by atoms with E-state index in [0.717, 1.165) is 31.1 Å². The van der Waals surface area contributed by atoms with Gasteiger partial charge < -0.3 is 0 Å². The molecule has 2 heteroatoms. The Morgan fingerprint density at radius 2 is 1.83 bits per heavy atom. The van der Waals surface area contributed by atoms with Crippen LogP contribution in [0.15, 0.2) is 22.7 Å². The molecule has 0 bridgehead atoms. The fourth-order valence-electron chi connectivity index (χ4n) is 5.59. The number of benzene rings is 1. The average molecular weight is 375 g/mol. The SMILES string of the molecule is CCC1CCC(CC2C(=O)CC3Cc4ccc(Br)cc4C32)CC1. The molecule has 0 N–H and O–H groups in total. The van der Waals surface area contributed by atoms with Gasteiger partial charge in [-0.1, -0.05) is 61.0 Å². The maximum Gasteiger partial charge on any atom is 0.136 e. The Morgan fingerprint density at radius 3 is 2.57 bits per heavy atom. The van der Waals surface area contributed by atoms with Gasteiger partial charge in [0.25, 0.3) is 0 Å². The van der Waals surface area contributed by atoms with Gasteiger partial charge in [0.2, 0.25) is 0 Å². The van der Waals surface area contributed by atoms with E-state index >= 15 is 0 Å². The molecule has 1 aromatic rings. The van der Waals surface area contributed by atoms with E-state index in [1.807, 2.05) is 0 Å². The quantitative estimate of drug-likeness (QED) is 0.643. The molecule has 0 spiro atoms. The number of ketones is 1. The van der Waals surface area contributed by atoms with Crippen LogP contribution in [0.1, 0.15) is 68.9 Å². The summed E-state index contributed by atoms with van der Waals surface area (Å²) in [5.74, 6) is 3.70. The third-order valence-corrected chi connectivity index (χ3v) is 7.39. The van der Waals surface area contributed by atoms with Gasteiger partial charge >= 0.3 is 0 Å². The number of Topliss-reactive ketones (excluding diaryl/α,β-unsaturated/α-hetero) is 1. The molecule has 124 valence electrons. The first-order chi connectivity index (χ1) is 11.2. The van der Waals surface area contributed by atoms with E-state index < -0.39 is 0 Å². The second-order valence-corrected chi connectivity index (χ2v) is 9.06. The van der Waals surface area contributed by atoms with E-state index in [2.05, 4.69) is 41.1 Å². The van der Waals surface area contributed by atoms with Gasteiger partial charge in [0.15, 0.2) is 0 Å². The molecule has 2 fully saturated rings.